The number of ether oxygens (including phenoxy) is 2. The van der Waals surface area contributed by atoms with E-state index in [2.05, 4.69) is 15.4 Å². The molecule has 1 rings (SSSR count). The van der Waals surface area contributed by atoms with E-state index in [1.54, 1.807) is 26.8 Å². The van der Waals surface area contributed by atoms with E-state index in [0.717, 1.165) is 36.8 Å². The van der Waals surface area contributed by atoms with Gasteiger partial charge in [0.05, 0.1) is 7.11 Å². The molecule has 0 fully saturated rings. The zero-order valence-electron chi connectivity index (χ0n) is 20.3. The SMILES string of the molecule is COC(=O)CCCCCc1cccc(NC(=O)C(CCC(N)=O)NC(=O)OC(C)(C)C)c1C. The summed E-state index contributed by atoms with van der Waals surface area (Å²) in [7, 11) is 1.38. The van der Waals surface area contributed by atoms with Crippen molar-refractivity contribution in [3.05, 3.63) is 29.3 Å². The maximum Gasteiger partial charge on any atom is 0.408 e. The fraction of sp³-hybridized carbons (Fsp3) is 0.583. The number of primary amides is 1. The van der Waals surface area contributed by atoms with Crippen molar-refractivity contribution < 1.29 is 28.7 Å². The third kappa shape index (κ3) is 11.4. The summed E-state index contributed by atoms with van der Waals surface area (Å²) in [6.07, 6.45) is 3.01. The highest BCUT2D eigenvalue weighted by molar-refractivity contribution is 5.97. The van der Waals surface area contributed by atoms with E-state index >= 15 is 0 Å². The molecule has 1 atom stereocenters. The average molecular weight is 464 g/mol. The number of unbranched alkanes of at least 4 members (excludes halogenated alkanes) is 2. The number of hydrogen-bond acceptors (Lipinski definition) is 6. The highest BCUT2D eigenvalue weighted by Crippen LogP contribution is 2.22. The second kappa shape index (κ2) is 13.4. The van der Waals surface area contributed by atoms with Crippen LogP contribution in [0.1, 0.15) is 70.4 Å². The highest BCUT2D eigenvalue weighted by atomic mass is 16.6. The summed E-state index contributed by atoms with van der Waals surface area (Å²) >= 11 is 0. The second-order valence-corrected chi connectivity index (χ2v) is 8.92. The lowest BCUT2D eigenvalue weighted by molar-refractivity contribution is -0.140. The van der Waals surface area contributed by atoms with Gasteiger partial charge in [-0.1, -0.05) is 18.6 Å². The van der Waals surface area contributed by atoms with E-state index in [0.29, 0.717) is 12.1 Å². The van der Waals surface area contributed by atoms with Gasteiger partial charge >= 0.3 is 12.1 Å². The van der Waals surface area contributed by atoms with Crippen molar-refractivity contribution >= 4 is 29.6 Å². The average Bonchev–Trinajstić information content (AvgIpc) is 2.71. The number of benzene rings is 1. The van der Waals surface area contributed by atoms with E-state index in [4.69, 9.17) is 10.5 Å². The van der Waals surface area contributed by atoms with Crippen LogP contribution in [0.25, 0.3) is 0 Å². The predicted octanol–water partition coefficient (Wildman–Crippen LogP) is 3.37. The van der Waals surface area contributed by atoms with Gasteiger partial charge in [0, 0.05) is 18.5 Å². The summed E-state index contributed by atoms with van der Waals surface area (Å²) in [5.41, 5.74) is 7.13. The Kier molecular flexibility index (Phi) is 11.4. The highest BCUT2D eigenvalue weighted by Gasteiger charge is 2.25. The number of methoxy groups -OCH3 is 1. The molecule has 9 heteroatoms. The van der Waals surface area contributed by atoms with Gasteiger partial charge in [0.2, 0.25) is 11.8 Å². The zero-order chi connectivity index (χ0) is 25.0. The van der Waals surface area contributed by atoms with Gasteiger partial charge in [-0.05, 0) is 70.6 Å². The Bertz CT molecular complexity index is 832. The van der Waals surface area contributed by atoms with E-state index in [1.165, 1.54) is 7.11 Å². The quantitative estimate of drug-likeness (QED) is 0.321. The van der Waals surface area contributed by atoms with Crippen LogP contribution in [0.5, 0.6) is 0 Å². The molecule has 0 heterocycles. The Morgan fingerprint density at radius 1 is 1.06 bits per heavy atom. The molecule has 0 radical (unpaired) electrons. The number of amides is 3. The first-order chi connectivity index (χ1) is 15.4. The molecule has 0 bridgehead atoms. The van der Waals surface area contributed by atoms with E-state index in [9.17, 15) is 19.2 Å². The van der Waals surface area contributed by atoms with Crippen LogP contribution >= 0.6 is 0 Å². The first-order valence-electron chi connectivity index (χ1n) is 11.2. The number of carbonyl (C=O) groups excluding carboxylic acids is 4. The zero-order valence-corrected chi connectivity index (χ0v) is 20.3. The van der Waals surface area contributed by atoms with Crippen LogP contribution in [0.2, 0.25) is 0 Å². The lowest BCUT2D eigenvalue weighted by atomic mass is 10.00. The molecule has 3 amide bonds. The molecule has 0 aromatic heterocycles. The van der Waals surface area contributed by atoms with Crippen molar-refractivity contribution in [1.82, 2.24) is 5.32 Å². The summed E-state index contributed by atoms with van der Waals surface area (Å²) in [6, 6.07) is 4.65. The third-order valence-corrected chi connectivity index (χ3v) is 4.95. The number of hydrogen-bond donors (Lipinski definition) is 3. The largest absolute Gasteiger partial charge is 0.469 e. The molecule has 0 saturated heterocycles. The van der Waals surface area contributed by atoms with Gasteiger partial charge in [-0.25, -0.2) is 4.79 Å². The second-order valence-electron chi connectivity index (χ2n) is 8.92. The molecular formula is C24H37N3O6. The number of nitrogens with one attached hydrogen (secondary N) is 2. The van der Waals surface area contributed by atoms with E-state index < -0.39 is 29.6 Å². The van der Waals surface area contributed by atoms with Crippen molar-refractivity contribution in [3.8, 4) is 0 Å². The maximum absolute atomic E-state index is 12.9. The van der Waals surface area contributed by atoms with Crippen LogP contribution < -0.4 is 16.4 Å². The van der Waals surface area contributed by atoms with Crippen molar-refractivity contribution in [2.45, 2.75) is 84.3 Å². The topological polar surface area (TPSA) is 137 Å². The van der Waals surface area contributed by atoms with Crippen molar-refractivity contribution in [3.63, 3.8) is 0 Å². The molecule has 1 aromatic carbocycles. The van der Waals surface area contributed by atoms with Gasteiger partial charge < -0.3 is 25.8 Å². The van der Waals surface area contributed by atoms with Crippen LogP contribution in [-0.4, -0.2) is 42.6 Å². The third-order valence-electron chi connectivity index (χ3n) is 4.95. The molecule has 0 spiro atoms. The normalized spacial score (nSPS) is 11.9. The number of aryl methyl sites for hydroxylation is 1. The van der Waals surface area contributed by atoms with Gasteiger partial charge in [-0.15, -0.1) is 0 Å². The number of alkyl carbamates (subject to hydrolysis) is 1. The Hall–Kier alpha value is -3.10. The standard InChI is InChI=1S/C24H37N3O6/c1-16-17(10-7-6-8-13-21(29)32-5)11-9-12-18(16)26-22(30)19(14-15-20(25)28)27-23(31)33-24(2,3)4/h9,11-12,19H,6-8,10,13-15H2,1-5H3,(H2,25,28)(H,26,30)(H,27,31). The van der Waals surface area contributed by atoms with Gasteiger partial charge in [-0.2, -0.15) is 0 Å². The minimum Gasteiger partial charge on any atom is -0.469 e. The Balaban J connectivity index is 2.79. The van der Waals surface area contributed by atoms with Crippen LogP contribution in [0, 0.1) is 6.92 Å². The molecule has 0 aliphatic carbocycles. The molecule has 1 aromatic rings. The number of nitrogens with two attached hydrogens (primary N) is 1. The molecule has 0 aliphatic rings. The molecule has 0 aliphatic heterocycles. The lowest BCUT2D eigenvalue weighted by Crippen LogP contribution is -2.46. The van der Waals surface area contributed by atoms with Crippen LogP contribution in [0.4, 0.5) is 10.5 Å². The Morgan fingerprint density at radius 2 is 1.76 bits per heavy atom. The molecular weight excluding hydrogens is 426 g/mol. The molecule has 1 unspecified atom stereocenters. The van der Waals surface area contributed by atoms with Crippen molar-refractivity contribution in [2.24, 2.45) is 5.73 Å². The summed E-state index contributed by atoms with van der Waals surface area (Å²) < 4.78 is 9.87. The minimum absolute atomic E-state index is 0.0549. The van der Waals surface area contributed by atoms with E-state index in [-0.39, 0.29) is 18.8 Å². The summed E-state index contributed by atoms with van der Waals surface area (Å²) in [5.74, 6) is -1.23. The molecule has 0 saturated carbocycles. The summed E-state index contributed by atoms with van der Waals surface area (Å²) in [6.45, 7) is 7.07. The number of carbonyl (C=O) groups is 4. The van der Waals surface area contributed by atoms with Crippen LogP contribution in [0.3, 0.4) is 0 Å². The minimum atomic E-state index is -0.978. The van der Waals surface area contributed by atoms with Gasteiger partial charge in [0.25, 0.3) is 0 Å². The molecule has 4 N–H and O–H groups in total. The smallest absolute Gasteiger partial charge is 0.408 e. The predicted molar refractivity (Wildman–Crippen MR) is 126 cm³/mol. The number of rotatable bonds is 12. The lowest BCUT2D eigenvalue weighted by Gasteiger charge is -2.23. The van der Waals surface area contributed by atoms with Crippen LogP contribution in [-0.2, 0) is 30.3 Å². The molecule has 184 valence electrons. The molecule has 33 heavy (non-hydrogen) atoms. The summed E-state index contributed by atoms with van der Waals surface area (Å²) in [5, 5.41) is 5.37. The van der Waals surface area contributed by atoms with Crippen molar-refractivity contribution in [2.75, 3.05) is 12.4 Å². The fourth-order valence-electron chi connectivity index (χ4n) is 3.18. The van der Waals surface area contributed by atoms with Crippen LogP contribution in [0.15, 0.2) is 18.2 Å². The summed E-state index contributed by atoms with van der Waals surface area (Å²) in [4.78, 5) is 47.5. The van der Waals surface area contributed by atoms with E-state index in [1.807, 2.05) is 19.1 Å². The van der Waals surface area contributed by atoms with Gasteiger partial charge in [-0.3, -0.25) is 14.4 Å². The maximum atomic E-state index is 12.9. The number of anilines is 1. The Morgan fingerprint density at radius 3 is 2.36 bits per heavy atom. The van der Waals surface area contributed by atoms with Crippen molar-refractivity contribution in [1.29, 1.82) is 0 Å². The van der Waals surface area contributed by atoms with Gasteiger partial charge in [0.15, 0.2) is 0 Å². The fourth-order valence-corrected chi connectivity index (χ4v) is 3.18. The first-order valence-corrected chi connectivity index (χ1v) is 11.2. The van der Waals surface area contributed by atoms with Gasteiger partial charge in [0.1, 0.15) is 11.6 Å². The molecule has 9 nitrogen and oxygen atoms in total. The monoisotopic (exact) mass is 463 g/mol. The number of esters is 1. The first kappa shape index (κ1) is 27.9. The Labute approximate surface area is 195 Å².